The average molecular weight is 241 g/mol. The number of fused-ring (bicyclic) bond motifs is 1. The van der Waals surface area contributed by atoms with E-state index in [1.165, 1.54) is 0 Å². The summed E-state index contributed by atoms with van der Waals surface area (Å²) in [6.07, 6.45) is 1.64. The van der Waals surface area contributed by atoms with Gasteiger partial charge in [0.05, 0.1) is 12.0 Å². The molecule has 0 saturated heterocycles. The summed E-state index contributed by atoms with van der Waals surface area (Å²) in [5.41, 5.74) is 3.18. The van der Waals surface area contributed by atoms with Crippen LogP contribution in [0.2, 0.25) is 0 Å². The molecule has 2 aromatic rings. The van der Waals surface area contributed by atoms with Gasteiger partial charge in [-0.1, -0.05) is 0 Å². The third-order valence-corrected chi connectivity index (χ3v) is 3.02. The fourth-order valence-corrected chi connectivity index (χ4v) is 2.13. The van der Waals surface area contributed by atoms with Gasteiger partial charge in [0.1, 0.15) is 6.07 Å². The normalized spacial score (nSPS) is 12.5. The quantitative estimate of drug-likeness (QED) is 0.766. The van der Waals surface area contributed by atoms with Gasteiger partial charge in [0, 0.05) is 12.6 Å². The SMILES string of the molecule is Cc1cc2c(cc1-c1c(C#N)ncn1C)OCO2. The molecule has 0 fully saturated rings. The molecule has 1 aliphatic heterocycles. The van der Waals surface area contributed by atoms with E-state index in [0.717, 1.165) is 22.6 Å². The zero-order valence-corrected chi connectivity index (χ0v) is 10.1. The second-order valence-corrected chi connectivity index (χ2v) is 4.18. The van der Waals surface area contributed by atoms with Crippen LogP contribution in [0.5, 0.6) is 11.5 Å². The van der Waals surface area contributed by atoms with Crippen molar-refractivity contribution in [1.29, 1.82) is 5.26 Å². The lowest BCUT2D eigenvalue weighted by atomic mass is 10.0. The van der Waals surface area contributed by atoms with E-state index in [0.29, 0.717) is 11.4 Å². The van der Waals surface area contributed by atoms with Crippen molar-refractivity contribution < 1.29 is 9.47 Å². The van der Waals surface area contributed by atoms with Crippen molar-refractivity contribution in [2.75, 3.05) is 6.79 Å². The molecule has 0 aliphatic carbocycles. The highest BCUT2D eigenvalue weighted by atomic mass is 16.7. The van der Waals surface area contributed by atoms with Gasteiger partial charge < -0.3 is 14.0 Å². The maximum absolute atomic E-state index is 9.10. The van der Waals surface area contributed by atoms with Gasteiger partial charge in [-0.05, 0) is 24.6 Å². The molecular formula is C13H11N3O2. The number of nitriles is 1. The summed E-state index contributed by atoms with van der Waals surface area (Å²) in [5, 5.41) is 9.10. The van der Waals surface area contributed by atoms with E-state index in [4.69, 9.17) is 14.7 Å². The van der Waals surface area contributed by atoms with Gasteiger partial charge in [0.2, 0.25) is 6.79 Å². The van der Waals surface area contributed by atoms with Crippen LogP contribution in [0, 0.1) is 18.3 Å². The zero-order chi connectivity index (χ0) is 12.7. The smallest absolute Gasteiger partial charge is 0.231 e. The molecule has 1 aromatic carbocycles. The first kappa shape index (κ1) is 10.7. The summed E-state index contributed by atoms with van der Waals surface area (Å²) in [5.74, 6) is 1.46. The van der Waals surface area contributed by atoms with Crippen LogP contribution in [0.3, 0.4) is 0 Å². The van der Waals surface area contributed by atoms with Crippen molar-refractivity contribution in [2.24, 2.45) is 7.05 Å². The molecular weight excluding hydrogens is 230 g/mol. The Morgan fingerprint density at radius 1 is 1.33 bits per heavy atom. The minimum Gasteiger partial charge on any atom is -0.454 e. The molecule has 0 radical (unpaired) electrons. The third-order valence-electron chi connectivity index (χ3n) is 3.02. The predicted octanol–water partition coefficient (Wildman–Crippen LogP) is 2.00. The van der Waals surface area contributed by atoms with Gasteiger partial charge >= 0.3 is 0 Å². The van der Waals surface area contributed by atoms with E-state index in [9.17, 15) is 0 Å². The van der Waals surface area contributed by atoms with Crippen LogP contribution in [-0.4, -0.2) is 16.3 Å². The number of rotatable bonds is 1. The van der Waals surface area contributed by atoms with Crippen molar-refractivity contribution in [3.63, 3.8) is 0 Å². The molecule has 1 aromatic heterocycles. The van der Waals surface area contributed by atoms with Crippen molar-refractivity contribution in [1.82, 2.24) is 9.55 Å². The maximum atomic E-state index is 9.10. The number of benzene rings is 1. The monoisotopic (exact) mass is 241 g/mol. The van der Waals surface area contributed by atoms with E-state index in [2.05, 4.69) is 11.1 Å². The number of hydrogen-bond donors (Lipinski definition) is 0. The molecule has 0 atom stereocenters. The first-order valence-electron chi connectivity index (χ1n) is 5.52. The van der Waals surface area contributed by atoms with Gasteiger partial charge in [0.15, 0.2) is 17.2 Å². The summed E-state index contributed by atoms with van der Waals surface area (Å²) < 4.78 is 12.5. The standard InChI is InChI=1S/C13H11N3O2/c1-8-3-11-12(18-7-17-11)4-9(8)13-10(5-14)15-6-16(13)2/h3-4,6H,7H2,1-2H3. The minimum absolute atomic E-state index is 0.245. The first-order chi connectivity index (χ1) is 8.70. The Morgan fingerprint density at radius 2 is 2.06 bits per heavy atom. The Bertz CT molecular complexity index is 668. The highest BCUT2D eigenvalue weighted by Crippen LogP contribution is 2.38. The molecule has 0 spiro atoms. The average Bonchev–Trinajstić information content (AvgIpc) is 2.94. The predicted molar refractivity (Wildman–Crippen MR) is 64.2 cm³/mol. The molecule has 0 bridgehead atoms. The van der Waals surface area contributed by atoms with Gasteiger partial charge in [-0.15, -0.1) is 0 Å². The number of hydrogen-bond acceptors (Lipinski definition) is 4. The van der Waals surface area contributed by atoms with Gasteiger partial charge in [0.25, 0.3) is 0 Å². The van der Waals surface area contributed by atoms with Crippen molar-refractivity contribution >= 4 is 0 Å². The molecule has 5 heteroatoms. The van der Waals surface area contributed by atoms with Crippen LogP contribution in [0.1, 0.15) is 11.3 Å². The lowest BCUT2D eigenvalue weighted by molar-refractivity contribution is 0.174. The van der Waals surface area contributed by atoms with Crippen LogP contribution in [0.4, 0.5) is 0 Å². The first-order valence-corrected chi connectivity index (χ1v) is 5.52. The second-order valence-electron chi connectivity index (χ2n) is 4.18. The number of imidazole rings is 1. The molecule has 2 heterocycles. The van der Waals surface area contributed by atoms with Crippen LogP contribution in [-0.2, 0) is 7.05 Å². The topological polar surface area (TPSA) is 60.1 Å². The number of aromatic nitrogens is 2. The summed E-state index contributed by atoms with van der Waals surface area (Å²) in [4.78, 5) is 4.08. The Hall–Kier alpha value is -2.48. The number of aryl methyl sites for hydroxylation is 2. The van der Waals surface area contributed by atoms with Gasteiger partial charge in [-0.25, -0.2) is 4.98 Å². The molecule has 3 rings (SSSR count). The minimum atomic E-state index is 0.245. The fraction of sp³-hybridized carbons (Fsp3) is 0.231. The largest absolute Gasteiger partial charge is 0.454 e. The summed E-state index contributed by atoms with van der Waals surface area (Å²) in [6.45, 7) is 2.22. The van der Waals surface area contributed by atoms with Gasteiger partial charge in [-0.3, -0.25) is 0 Å². The third kappa shape index (κ3) is 1.43. The molecule has 90 valence electrons. The maximum Gasteiger partial charge on any atom is 0.231 e. The molecule has 1 aliphatic rings. The van der Waals surface area contributed by atoms with Crippen molar-refractivity contribution in [2.45, 2.75) is 6.92 Å². The number of nitrogens with zero attached hydrogens (tertiary/aromatic N) is 3. The fourth-order valence-electron chi connectivity index (χ4n) is 2.13. The van der Waals surface area contributed by atoms with E-state index < -0.39 is 0 Å². The second kappa shape index (κ2) is 3.77. The van der Waals surface area contributed by atoms with E-state index in [1.54, 1.807) is 6.33 Å². The Kier molecular flexibility index (Phi) is 2.23. The van der Waals surface area contributed by atoms with Crippen LogP contribution < -0.4 is 9.47 Å². The van der Waals surface area contributed by atoms with E-state index in [-0.39, 0.29) is 6.79 Å². The molecule has 0 unspecified atom stereocenters. The Balaban J connectivity index is 2.24. The van der Waals surface area contributed by atoms with Crippen LogP contribution in [0.25, 0.3) is 11.3 Å². The molecule has 5 nitrogen and oxygen atoms in total. The van der Waals surface area contributed by atoms with Crippen LogP contribution >= 0.6 is 0 Å². The Morgan fingerprint density at radius 3 is 2.78 bits per heavy atom. The molecule has 18 heavy (non-hydrogen) atoms. The van der Waals surface area contributed by atoms with Crippen molar-refractivity contribution in [3.05, 3.63) is 29.7 Å². The molecule has 0 amide bonds. The Labute approximate surface area is 104 Å². The van der Waals surface area contributed by atoms with Crippen molar-refractivity contribution in [3.8, 4) is 28.8 Å². The zero-order valence-electron chi connectivity index (χ0n) is 10.1. The van der Waals surface area contributed by atoms with Gasteiger partial charge in [-0.2, -0.15) is 5.26 Å². The number of ether oxygens (including phenoxy) is 2. The summed E-state index contributed by atoms with van der Waals surface area (Å²) >= 11 is 0. The van der Waals surface area contributed by atoms with E-state index >= 15 is 0 Å². The lowest BCUT2D eigenvalue weighted by Gasteiger charge is -2.08. The molecule has 0 N–H and O–H groups in total. The van der Waals surface area contributed by atoms with Crippen LogP contribution in [0.15, 0.2) is 18.5 Å². The highest BCUT2D eigenvalue weighted by molar-refractivity contribution is 5.72. The highest BCUT2D eigenvalue weighted by Gasteiger charge is 2.19. The molecule has 0 saturated carbocycles. The van der Waals surface area contributed by atoms with E-state index in [1.807, 2.05) is 30.7 Å². The summed E-state index contributed by atoms with van der Waals surface area (Å²) in [6, 6.07) is 5.93. The lowest BCUT2D eigenvalue weighted by Crippen LogP contribution is -1.94. The summed E-state index contributed by atoms with van der Waals surface area (Å²) in [7, 11) is 1.87.